The van der Waals surface area contributed by atoms with Crippen molar-refractivity contribution >= 4 is 5.91 Å². The summed E-state index contributed by atoms with van der Waals surface area (Å²) in [5.41, 5.74) is 1.09. The molecule has 3 aromatic rings. The van der Waals surface area contributed by atoms with Crippen molar-refractivity contribution in [2.45, 2.75) is 19.3 Å². The van der Waals surface area contributed by atoms with E-state index in [1.807, 2.05) is 0 Å². The van der Waals surface area contributed by atoms with Crippen LogP contribution in [0.15, 0.2) is 66.9 Å². The average Bonchev–Trinajstić information content (AvgIpc) is 2.68. The molecule has 0 saturated heterocycles. The van der Waals surface area contributed by atoms with E-state index < -0.39 is 12.2 Å². The number of alkyl halides is 3. The van der Waals surface area contributed by atoms with Crippen molar-refractivity contribution in [3.63, 3.8) is 0 Å². The first-order chi connectivity index (χ1) is 14.3. The molecule has 30 heavy (non-hydrogen) atoms. The molecule has 2 aromatic carbocycles. The van der Waals surface area contributed by atoms with Crippen molar-refractivity contribution in [1.29, 1.82) is 0 Å². The molecule has 3 rings (SSSR count). The second-order valence-corrected chi connectivity index (χ2v) is 6.17. The Balaban J connectivity index is 1.57. The van der Waals surface area contributed by atoms with Gasteiger partial charge in [-0.2, -0.15) is 0 Å². The van der Waals surface area contributed by atoms with Gasteiger partial charge in [0.1, 0.15) is 17.3 Å². The molecule has 0 spiro atoms. The van der Waals surface area contributed by atoms with Gasteiger partial charge in [0, 0.05) is 24.4 Å². The summed E-state index contributed by atoms with van der Waals surface area (Å²) in [5, 5.41) is 2.69. The third-order valence-electron chi connectivity index (χ3n) is 3.86. The molecular weight excluding hydrogens is 404 g/mol. The predicted molar refractivity (Wildman–Crippen MR) is 99.4 cm³/mol. The maximum Gasteiger partial charge on any atom is 0.573 e. The van der Waals surface area contributed by atoms with Gasteiger partial charge in [0.25, 0.3) is 0 Å². The Hall–Kier alpha value is -3.62. The van der Waals surface area contributed by atoms with Crippen LogP contribution in [-0.4, -0.2) is 17.3 Å². The molecule has 0 bridgehead atoms. The molecule has 9 heteroatoms. The lowest BCUT2D eigenvalue weighted by Gasteiger charge is -2.11. The molecule has 1 aromatic heterocycles. The van der Waals surface area contributed by atoms with E-state index in [2.05, 4.69) is 15.0 Å². The first kappa shape index (κ1) is 21.1. The molecule has 0 aliphatic heterocycles. The zero-order chi connectivity index (χ0) is 21.6. The number of hydrogen-bond donors (Lipinski definition) is 1. The summed E-state index contributed by atoms with van der Waals surface area (Å²) in [6, 6.07) is 14.0. The van der Waals surface area contributed by atoms with E-state index in [9.17, 15) is 22.4 Å². The van der Waals surface area contributed by atoms with Gasteiger partial charge in [0.2, 0.25) is 11.8 Å². The third kappa shape index (κ3) is 6.47. The molecular formula is C21H16F4N2O3. The van der Waals surface area contributed by atoms with Crippen molar-refractivity contribution in [2.24, 2.45) is 0 Å². The SMILES string of the molecule is O=C(Cc1ccc(OC(F)(F)F)cc1)NCc1cccnc1Oc1cccc(F)c1. The second-order valence-electron chi connectivity index (χ2n) is 6.17. The second kappa shape index (κ2) is 9.25. The van der Waals surface area contributed by atoms with Crippen LogP contribution in [0.3, 0.4) is 0 Å². The Labute approximate surface area is 169 Å². The third-order valence-corrected chi connectivity index (χ3v) is 3.86. The number of aromatic nitrogens is 1. The lowest BCUT2D eigenvalue weighted by molar-refractivity contribution is -0.274. The molecule has 0 saturated carbocycles. The van der Waals surface area contributed by atoms with Crippen LogP contribution < -0.4 is 14.8 Å². The van der Waals surface area contributed by atoms with Gasteiger partial charge in [-0.3, -0.25) is 4.79 Å². The number of amides is 1. The van der Waals surface area contributed by atoms with Crippen molar-refractivity contribution < 1.29 is 31.8 Å². The Morgan fingerprint density at radius 1 is 1.00 bits per heavy atom. The van der Waals surface area contributed by atoms with Crippen molar-refractivity contribution in [3.05, 3.63) is 83.8 Å². The first-order valence-corrected chi connectivity index (χ1v) is 8.77. The van der Waals surface area contributed by atoms with Crippen LogP contribution in [0.4, 0.5) is 17.6 Å². The molecule has 1 amide bonds. The van der Waals surface area contributed by atoms with Gasteiger partial charge < -0.3 is 14.8 Å². The van der Waals surface area contributed by atoms with E-state index >= 15 is 0 Å². The number of carbonyl (C=O) groups excluding carboxylic acids is 1. The Kier molecular flexibility index (Phi) is 6.51. The minimum Gasteiger partial charge on any atom is -0.439 e. The number of rotatable bonds is 7. The van der Waals surface area contributed by atoms with Gasteiger partial charge in [-0.15, -0.1) is 13.2 Å². The normalized spacial score (nSPS) is 11.1. The van der Waals surface area contributed by atoms with Crippen LogP contribution in [0.5, 0.6) is 17.4 Å². The molecule has 5 nitrogen and oxygen atoms in total. The lowest BCUT2D eigenvalue weighted by atomic mass is 10.1. The lowest BCUT2D eigenvalue weighted by Crippen LogP contribution is -2.24. The number of carbonyl (C=O) groups is 1. The van der Waals surface area contributed by atoms with Crippen molar-refractivity contribution in [3.8, 4) is 17.4 Å². The summed E-state index contributed by atoms with van der Waals surface area (Å²) in [4.78, 5) is 16.3. The monoisotopic (exact) mass is 420 g/mol. The number of nitrogens with one attached hydrogen (secondary N) is 1. The number of ether oxygens (including phenoxy) is 2. The van der Waals surface area contributed by atoms with E-state index in [0.29, 0.717) is 11.1 Å². The van der Waals surface area contributed by atoms with Gasteiger partial charge >= 0.3 is 6.36 Å². The molecule has 0 unspecified atom stereocenters. The molecule has 156 valence electrons. The van der Waals surface area contributed by atoms with Crippen LogP contribution in [0, 0.1) is 5.82 Å². The number of pyridine rings is 1. The summed E-state index contributed by atoms with van der Waals surface area (Å²) in [5.74, 6) is -0.675. The average molecular weight is 420 g/mol. The van der Waals surface area contributed by atoms with E-state index in [4.69, 9.17) is 4.74 Å². The fourth-order valence-electron chi connectivity index (χ4n) is 2.54. The van der Waals surface area contributed by atoms with Gasteiger partial charge in [0.15, 0.2) is 0 Å². The molecule has 0 fully saturated rings. The zero-order valence-electron chi connectivity index (χ0n) is 15.4. The van der Waals surface area contributed by atoms with Gasteiger partial charge in [-0.1, -0.05) is 24.3 Å². The summed E-state index contributed by atoms with van der Waals surface area (Å²) in [7, 11) is 0. The fourth-order valence-corrected chi connectivity index (χ4v) is 2.54. The minimum absolute atomic E-state index is 0.0351. The highest BCUT2D eigenvalue weighted by atomic mass is 19.4. The van der Waals surface area contributed by atoms with E-state index in [1.165, 1.54) is 36.5 Å². The van der Waals surface area contributed by atoms with Gasteiger partial charge in [-0.05, 0) is 35.9 Å². The molecule has 0 atom stereocenters. The van der Waals surface area contributed by atoms with Crippen LogP contribution in [0.1, 0.15) is 11.1 Å². The molecule has 0 aliphatic rings. The Morgan fingerprint density at radius 2 is 1.77 bits per heavy atom. The molecule has 1 N–H and O–H groups in total. The standard InChI is InChI=1S/C21H16F4N2O3/c22-16-4-1-5-18(12-16)29-20-15(3-2-10-26-20)13-27-19(28)11-14-6-8-17(9-7-14)30-21(23,24)25/h1-10,12H,11,13H2,(H,27,28). The van der Waals surface area contributed by atoms with Crippen LogP contribution in [0.2, 0.25) is 0 Å². The molecule has 0 radical (unpaired) electrons. The maximum atomic E-state index is 13.3. The first-order valence-electron chi connectivity index (χ1n) is 8.77. The van der Waals surface area contributed by atoms with Crippen LogP contribution in [-0.2, 0) is 17.8 Å². The summed E-state index contributed by atoms with van der Waals surface area (Å²) < 4.78 is 59.2. The Bertz CT molecular complexity index is 1010. The fraction of sp³-hybridized carbons (Fsp3) is 0.143. The Morgan fingerprint density at radius 3 is 2.47 bits per heavy atom. The summed E-state index contributed by atoms with van der Waals surface area (Å²) in [6.45, 7) is 0.104. The minimum atomic E-state index is -4.77. The number of halogens is 4. The molecule has 1 heterocycles. The van der Waals surface area contributed by atoms with Crippen LogP contribution in [0.25, 0.3) is 0 Å². The predicted octanol–water partition coefficient (Wildman–Crippen LogP) is 4.77. The van der Waals surface area contributed by atoms with E-state index in [1.54, 1.807) is 18.2 Å². The number of hydrogen-bond acceptors (Lipinski definition) is 4. The van der Waals surface area contributed by atoms with Gasteiger partial charge in [0.05, 0.1) is 6.42 Å². The maximum absolute atomic E-state index is 13.3. The van der Waals surface area contributed by atoms with Gasteiger partial charge in [-0.25, -0.2) is 9.37 Å². The number of benzene rings is 2. The molecule has 0 aliphatic carbocycles. The zero-order valence-corrected chi connectivity index (χ0v) is 15.4. The largest absolute Gasteiger partial charge is 0.573 e. The highest BCUT2D eigenvalue weighted by molar-refractivity contribution is 5.78. The van der Waals surface area contributed by atoms with E-state index in [0.717, 1.165) is 12.1 Å². The highest BCUT2D eigenvalue weighted by Gasteiger charge is 2.30. The van der Waals surface area contributed by atoms with Crippen LogP contribution >= 0.6 is 0 Å². The quantitative estimate of drug-likeness (QED) is 0.560. The van der Waals surface area contributed by atoms with Crippen molar-refractivity contribution in [1.82, 2.24) is 10.3 Å². The smallest absolute Gasteiger partial charge is 0.439 e. The topological polar surface area (TPSA) is 60.5 Å². The number of nitrogens with zero attached hydrogens (tertiary/aromatic N) is 1. The summed E-state index contributed by atoms with van der Waals surface area (Å²) >= 11 is 0. The highest BCUT2D eigenvalue weighted by Crippen LogP contribution is 2.24. The van der Waals surface area contributed by atoms with Crippen molar-refractivity contribution in [2.75, 3.05) is 0 Å². The summed E-state index contributed by atoms with van der Waals surface area (Å²) in [6.07, 6.45) is -3.30. The van der Waals surface area contributed by atoms with E-state index in [-0.39, 0.29) is 36.3 Å².